The van der Waals surface area contributed by atoms with E-state index >= 15 is 0 Å². The van der Waals surface area contributed by atoms with Gasteiger partial charge < -0.3 is 14.2 Å². The second-order valence-corrected chi connectivity index (χ2v) is 7.48. The Bertz CT molecular complexity index is 667. The lowest BCUT2D eigenvalue weighted by atomic mass is 9.89. The molecule has 0 aliphatic carbocycles. The molecule has 0 radical (unpaired) electrons. The maximum atomic E-state index is 12.8. The Morgan fingerprint density at radius 2 is 1.78 bits per heavy atom. The zero-order valence-corrected chi connectivity index (χ0v) is 16.3. The molecule has 0 bridgehead atoms. The van der Waals surface area contributed by atoms with Crippen LogP contribution in [0.2, 0.25) is 0 Å². The van der Waals surface area contributed by atoms with Gasteiger partial charge in [-0.1, -0.05) is 30.3 Å². The largest absolute Gasteiger partial charge is 0.469 e. The maximum Gasteiger partial charge on any atom is 0.410 e. The molecule has 27 heavy (non-hydrogen) atoms. The molecular formula is C20H27NO6. The number of benzene rings is 1. The quantitative estimate of drug-likeness (QED) is 0.593. The molecule has 1 amide bonds. The number of carbonyl (C=O) groups is 3. The van der Waals surface area contributed by atoms with Gasteiger partial charge in [-0.3, -0.25) is 9.69 Å². The van der Waals surface area contributed by atoms with Crippen molar-refractivity contribution in [2.24, 2.45) is 5.92 Å². The van der Waals surface area contributed by atoms with Gasteiger partial charge in [-0.15, -0.1) is 0 Å². The molecule has 2 unspecified atom stereocenters. The van der Waals surface area contributed by atoms with Crippen LogP contribution in [0.3, 0.4) is 0 Å². The predicted octanol–water partition coefficient (Wildman–Crippen LogP) is 2.92. The van der Waals surface area contributed by atoms with E-state index in [4.69, 9.17) is 14.2 Å². The minimum Gasteiger partial charge on any atom is -0.469 e. The Labute approximate surface area is 159 Å². The number of methoxy groups -OCH3 is 1. The molecule has 1 saturated heterocycles. The molecule has 0 saturated carbocycles. The first-order chi connectivity index (χ1) is 12.7. The summed E-state index contributed by atoms with van der Waals surface area (Å²) in [5.74, 6) is -1.94. The number of hydrogen-bond donors (Lipinski definition) is 0. The highest BCUT2D eigenvalue weighted by Gasteiger charge is 2.46. The molecule has 1 aliphatic heterocycles. The highest BCUT2D eigenvalue weighted by molar-refractivity contribution is 5.88. The second-order valence-electron chi connectivity index (χ2n) is 7.48. The Morgan fingerprint density at radius 1 is 1.11 bits per heavy atom. The van der Waals surface area contributed by atoms with E-state index in [1.807, 2.05) is 30.3 Å². The van der Waals surface area contributed by atoms with Crippen LogP contribution in [0.25, 0.3) is 0 Å². The van der Waals surface area contributed by atoms with Gasteiger partial charge in [0.15, 0.2) is 0 Å². The van der Waals surface area contributed by atoms with Crippen molar-refractivity contribution in [3.05, 3.63) is 35.9 Å². The van der Waals surface area contributed by atoms with E-state index in [-0.39, 0.29) is 6.61 Å². The number of piperidine rings is 1. The van der Waals surface area contributed by atoms with E-state index in [9.17, 15) is 14.4 Å². The van der Waals surface area contributed by atoms with Crippen molar-refractivity contribution < 1.29 is 28.6 Å². The zero-order valence-electron chi connectivity index (χ0n) is 16.3. The molecule has 1 aliphatic rings. The number of hydrogen-bond acceptors (Lipinski definition) is 6. The number of nitrogens with zero attached hydrogens (tertiary/aromatic N) is 1. The van der Waals surface area contributed by atoms with Crippen molar-refractivity contribution in [3.8, 4) is 0 Å². The van der Waals surface area contributed by atoms with Crippen molar-refractivity contribution >= 4 is 18.0 Å². The normalized spacial score (nSPS) is 19.9. The molecule has 1 aromatic carbocycles. The van der Waals surface area contributed by atoms with Crippen molar-refractivity contribution in [2.75, 3.05) is 13.7 Å². The van der Waals surface area contributed by atoms with Gasteiger partial charge in [0.2, 0.25) is 0 Å². The highest BCUT2D eigenvalue weighted by atomic mass is 16.6. The van der Waals surface area contributed by atoms with Gasteiger partial charge in [0, 0.05) is 6.54 Å². The van der Waals surface area contributed by atoms with Crippen LogP contribution >= 0.6 is 0 Å². The smallest absolute Gasteiger partial charge is 0.410 e. The van der Waals surface area contributed by atoms with E-state index in [0.29, 0.717) is 19.4 Å². The molecule has 0 spiro atoms. The zero-order chi connectivity index (χ0) is 20.0. The average molecular weight is 377 g/mol. The lowest BCUT2D eigenvalue weighted by Crippen LogP contribution is -2.56. The van der Waals surface area contributed by atoms with E-state index in [1.54, 1.807) is 20.8 Å². The van der Waals surface area contributed by atoms with Crippen LogP contribution in [0.1, 0.15) is 39.2 Å². The van der Waals surface area contributed by atoms with Gasteiger partial charge in [-0.05, 0) is 39.2 Å². The SMILES string of the molecule is COC(=O)C1CCCN(C(=O)OCc2ccccc2)C1C(=O)OC(C)(C)C. The van der Waals surface area contributed by atoms with Crippen molar-refractivity contribution in [2.45, 2.75) is 51.9 Å². The van der Waals surface area contributed by atoms with Crippen LogP contribution in [0.5, 0.6) is 0 Å². The summed E-state index contributed by atoms with van der Waals surface area (Å²) in [7, 11) is 1.27. The summed E-state index contributed by atoms with van der Waals surface area (Å²) in [6, 6.07) is 8.18. The summed E-state index contributed by atoms with van der Waals surface area (Å²) in [6.45, 7) is 5.60. The molecule has 0 N–H and O–H groups in total. The lowest BCUT2D eigenvalue weighted by molar-refractivity contribution is -0.170. The van der Waals surface area contributed by atoms with Crippen LogP contribution in [0.15, 0.2) is 30.3 Å². The van der Waals surface area contributed by atoms with Crippen molar-refractivity contribution in [1.82, 2.24) is 4.90 Å². The van der Waals surface area contributed by atoms with E-state index in [2.05, 4.69) is 0 Å². The lowest BCUT2D eigenvalue weighted by Gasteiger charge is -2.38. The summed E-state index contributed by atoms with van der Waals surface area (Å²) >= 11 is 0. The second kappa shape index (κ2) is 8.88. The molecule has 1 aromatic rings. The molecule has 1 fully saturated rings. The predicted molar refractivity (Wildman–Crippen MR) is 97.7 cm³/mol. The van der Waals surface area contributed by atoms with Crippen LogP contribution in [-0.2, 0) is 30.4 Å². The fraction of sp³-hybridized carbons (Fsp3) is 0.550. The molecule has 0 aromatic heterocycles. The van der Waals surface area contributed by atoms with Crippen LogP contribution in [0, 0.1) is 5.92 Å². The van der Waals surface area contributed by atoms with Gasteiger partial charge in [0.1, 0.15) is 18.2 Å². The number of carbonyl (C=O) groups excluding carboxylic acids is 3. The molecule has 7 heteroatoms. The van der Waals surface area contributed by atoms with Gasteiger partial charge in [-0.2, -0.15) is 0 Å². The Morgan fingerprint density at radius 3 is 2.37 bits per heavy atom. The molecule has 148 valence electrons. The van der Waals surface area contributed by atoms with Crippen LogP contribution in [0.4, 0.5) is 4.79 Å². The standard InChI is InChI=1S/C20H27NO6/c1-20(2,3)27-18(23)16-15(17(22)25-4)11-8-12-21(16)19(24)26-13-14-9-6-5-7-10-14/h5-7,9-10,15-16H,8,11-13H2,1-4H3. The average Bonchev–Trinajstić information content (AvgIpc) is 2.64. The summed E-state index contributed by atoms with van der Waals surface area (Å²) in [5, 5.41) is 0. The summed E-state index contributed by atoms with van der Waals surface area (Å²) < 4.78 is 15.6. The van der Waals surface area contributed by atoms with Gasteiger partial charge in [0.25, 0.3) is 0 Å². The Balaban J connectivity index is 2.17. The maximum absolute atomic E-state index is 12.8. The third kappa shape index (κ3) is 5.70. The first-order valence-corrected chi connectivity index (χ1v) is 9.01. The first-order valence-electron chi connectivity index (χ1n) is 9.01. The van der Waals surface area contributed by atoms with E-state index in [0.717, 1.165) is 5.56 Å². The third-order valence-electron chi connectivity index (χ3n) is 4.22. The number of likely N-dealkylation sites (tertiary alicyclic amines) is 1. The van der Waals surface area contributed by atoms with E-state index < -0.39 is 35.6 Å². The van der Waals surface area contributed by atoms with Gasteiger partial charge in [-0.25, -0.2) is 9.59 Å². The molecule has 2 rings (SSSR count). The number of esters is 2. The van der Waals surface area contributed by atoms with E-state index in [1.165, 1.54) is 12.0 Å². The first kappa shape index (κ1) is 20.7. The Hall–Kier alpha value is -2.57. The summed E-state index contributed by atoms with van der Waals surface area (Å²) in [5.41, 5.74) is 0.0932. The van der Waals surface area contributed by atoms with Crippen molar-refractivity contribution in [3.63, 3.8) is 0 Å². The molecular weight excluding hydrogens is 350 g/mol. The topological polar surface area (TPSA) is 82.1 Å². The minimum atomic E-state index is -1.06. The fourth-order valence-electron chi connectivity index (χ4n) is 3.05. The highest BCUT2D eigenvalue weighted by Crippen LogP contribution is 2.28. The number of amides is 1. The van der Waals surface area contributed by atoms with Crippen LogP contribution < -0.4 is 0 Å². The Kier molecular flexibility index (Phi) is 6.82. The number of rotatable bonds is 4. The molecule has 7 nitrogen and oxygen atoms in total. The minimum absolute atomic E-state index is 0.0834. The monoisotopic (exact) mass is 377 g/mol. The van der Waals surface area contributed by atoms with Crippen molar-refractivity contribution in [1.29, 1.82) is 0 Å². The van der Waals surface area contributed by atoms with Gasteiger partial charge in [0.05, 0.1) is 13.0 Å². The molecule has 2 atom stereocenters. The summed E-state index contributed by atoms with van der Waals surface area (Å²) in [6.07, 6.45) is 0.363. The van der Waals surface area contributed by atoms with Gasteiger partial charge >= 0.3 is 18.0 Å². The molecule has 1 heterocycles. The summed E-state index contributed by atoms with van der Waals surface area (Å²) in [4.78, 5) is 38.9. The fourth-order valence-corrected chi connectivity index (χ4v) is 3.05. The van der Waals surface area contributed by atoms with Crippen LogP contribution in [-0.4, -0.2) is 48.2 Å². The number of ether oxygens (including phenoxy) is 3. The third-order valence-corrected chi connectivity index (χ3v) is 4.22.